The summed E-state index contributed by atoms with van der Waals surface area (Å²) in [7, 11) is 0. The molecule has 5 N–H and O–H groups in total. The Balaban J connectivity index is 1.92. The van der Waals surface area contributed by atoms with Gasteiger partial charge in [-0.2, -0.15) is 0 Å². The number of ether oxygens (including phenoxy) is 1. The highest BCUT2D eigenvalue weighted by Gasteiger charge is 2.17. The molecule has 0 saturated heterocycles. The summed E-state index contributed by atoms with van der Waals surface area (Å²) in [6, 6.07) is 16.4. The fourth-order valence-corrected chi connectivity index (χ4v) is 2.17. The third-order valence-corrected chi connectivity index (χ3v) is 3.48. The van der Waals surface area contributed by atoms with Crippen molar-refractivity contribution in [1.29, 1.82) is 0 Å². The lowest BCUT2D eigenvalue weighted by atomic mass is 10.1. The van der Waals surface area contributed by atoms with Crippen LogP contribution in [0.25, 0.3) is 0 Å². The molecular weight excluding hydrogens is 306 g/mol. The van der Waals surface area contributed by atoms with E-state index in [1.807, 2.05) is 54.6 Å². The van der Waals surface area contributed by atoms with Crippen LogP contribution >= 0.6 is 0 Å². The Morgan fingerprint density at radius 2 is 1.67 bits per heavy atom. The maximum Gasteiger partial charge on any atom is 0.240 e. The molecule has 126 valence electrons. The van der Waals surface area contributed by atoms with Crippen LogP contribution in [0.5, 0.6) is 5.75 Å². The summed E-state index contributed by atoms with van der Waals surface area (Å²) in [5.41, 5.74) is 12.5. The quantitative estimate of drug-likeness (QED) is 0.664. The second-order valence-electron chi connectivity index (χ2n) is 5.35. The van der Waals surface area contributed by atoms with Crippen LogP contribution in [-0.2, 0) is 22.6 Å². The van der Waals surface area contributed by atoms with Gasteiger partial charge in [-0.1, -0.05) is 42.5 Å². The van der Waals surface area contributed by atoms with Gasteiger partial charge in [0.1, 0.15) is 18.4 Å². The predicted molar refractivity (Wildman–Crippen MR) is 91.1 cm³/mol. The molecule has 0 aliphatic heterocycles. The predicted octanol–water partition coefficient (Wildman–Crippen LogP) is 0.737. The minimum absolute atomic E-state index is 0.184. The summed E-state index contributed by atoms with van der Waals surface area (Å²) in [6.07, 6.45) is 0.306. The second-order valence-corrected chi connectivity index (χ2v) is 5.35. The molecule has 0 fully saturated rings. The number of primary amides is 1. The number of carbonyl (C=O) groups is 2. The first-order chi connectivity index (χ1) is 11.6. The molecule has 6 nitrogen and oxygen atoms in total. The topological polar surface area (TPSA) is 107 Å². The molecule has 2 amide bonds. The number of nitrogens with two attached hydrogens (primary N) is 2. The summed E-state index contributed by atoms with van der Waals surface area (Å²) in [6.45, 7) is 0.298. The molecule has 0 saturated carbocycles. The standard InChI is InChI=1S/C18H21N3O3/c19-11-17(22)21-16(18(20)23)10-13-6-8-15(9-7-13)24-12-14-4-2-1-3-5-14/h1-9,16H,10-12,19H2,(H2,20,23)(H,21,22)/t16-/m0/s1. The van der Waals surface area contributed by atoms with Crippen molar-refractivity contribution < 1.29 is 14.3 Å². The molecule has 2 rings (SSSR count). The lowest BCUT2D eigenvalue weighted by Crippen LogP contribution is -2.47. The highest BCUT2D eigenvalue weighted by Crippen LogP contribution is 2.15. The van der Waals surface area contributed by atoms with Crippen molar-refractivity contribution >= 4 is 11.8 Å². The molecule has 0 spiro atoms. The summed E-state index contributed by atoms with van der Waals surface area (Å²) in [5, 5.41) is 2.51. The number of hydrogen-bond donors (Lipinski definition) is 3. The molecule has 1 atom stereocenters. The molecule has 0 bridgehead atoms. The van der Waals surface area contributed by atoms with Crippen molar-refractivity contribution in [2.24, 2.45) is 11.5 Å². The highest BCUT2D eigenvalue weighted by atomic mass is 16.5. The first kappa shape index (κ1) is 17.5. The van der Waals surface area contributed by atoms with E-state index < -0.39 is 17.9 Å². The molecule has 0 aromatic heterocycles. The monoisotopic (exact) mass is 327 g/mol. The Morgan fingerprint density at radius 1 is 1.00 bits per heavy atom. The van der Waals surface area contributed by atoms with Gasteiger partial charge in [-0.05, 0) is 23.3 Å². The van der Waals surface area contributed by atoms with Crippen LogP contribution in [0.2, 0.25) is 0 Å². The molecule has 24 heavy (non-hydrogen) atoms. The Morgan fingerprint density at radius 3 is 2.25 bits per heavy atom. The van der Waals surface area contributed by atoms with E-state index in [9.17, 15) is 9.59 Å². The number of benzene rings is 2. The molecule has 2 aromatic carbocycles. The van der Waals surface area contributed by atoms with Crippen LogP contribution in [0.3, 0.4) is 0 Å². The minimum Gasteiger partial charge on any atom is -0.489 e. The fraction of sp³-hybridized carbons (Fsp3) is 0.222. The molecule has 0 radical (unpaired) electrons. The molecule has 0 aliphatic rings. The summed E-state index contributed by atoms with van der Waals surface area (Å²) in [4.78, 5) is 22.8. The fourth-order valence-electron chi connectivity index (χ4n) is 2.17. The second kappa shape index (κ2) is 8.69. The van der Waals surface area contributed by atoms with Gasteiger partial charge in [0.25, 0.3) is 0 Å². The van der Waals surface area contributed by atoms with Crippen molar-refractivity contribution in [3.8, 4) is 5.75 Å². The molecule has 0 aliphatic carbocycles. The highest BCUT2D eigenvalue weighted by molar-refractivity contribution is 5.87. The largest absolute Gasteiger partial charge is 0.489 e. The van der Waals surface area contributed by atoms with E-state index in [2.05, 4.69) is 5.32 Å². The van der Waals surface area contributed by atoms with Gasteiger partial charge in [0.05, 0.1) is 6.54 Å². The molecule has 6 heteroatoms. The number of nitrogens with one attached hydrogen (secondary N) is 1. The van der Waals surface area contributed by atoms with E-state index in [1.165, 1.54) is 0 Å². The minimum atomic E-state index is -0.780. The van der Waals surface area contributed by atoms with Crippen LogP contribution < -0.4 is 21.5 Å². The van der Waals surface area contributed by atoms with Gasteiger partial charge in [-0.3, -0.25) is 9.59 Å². The van der Waals surface area contributed by atoms with Crippen molar-refractivity contribution in [3.63, 3.8) is 0 Å². The molecule has 2 aromatic rings. The number of amides is 2. The van der Waals surface area contributed by atoms with E-state index in [-0.39, 0.29) is 6.54 Å². The van der Waals surface area contributed by atoms with E-state index in [0.29, 0.717) is 13.0 Å². The average Bonchev–Trinajstić information content (AvgIpc) is 2.61. The van der Waals surface area contributed by atoms with E-state index in [0.717, 1.165) is 16.9 Å². The van der Waals surface area contributed by atoms with E-state index >= 15 is 0 Å². The van der Waals surface area contributed by atoms with Gasteiger partial charge in [-0.15, -0.1) is 0 Å². The summed E-state index contributed by atoms with van der Waals surface area (Å²) in [5.74, 6) is -0.285. The maximum absolute atomic E-state index is 11.4. The number of rotatable bonds is 8. The van der Waals surface area contributed by atoms with Crippen LogP contribution in [0.1, 0.15) is 11.1 Å². The molecule has 0 unspecified atom stereocenters. The zero-order valence-corrected chi connectivity index (χ0v) is 13.3. The molecule has 0 heterocycles. The van der Waals surface area contributed by atoms with Crippen molar-refractivity contribution in [1.82, 2.24) is 5.32 Å². The van der Waals surface area contributed by atoms with Crippen LogP contribution in [0.4, 0.5) is 0 Å². The van der Waals surface area contributed by atoms with Crippen LogP contribution in [-0.4, -0.2) is 24.4 Å². The van der Waals surface area contributed by atoms with Gasteiger partial charge < -0.3 is 21.5 Å². The zero-order valence-electron chi connectivity index (χ0n) is 13.3. The lowest BCUT2D eigenvalue weighted by Gasteiger charge is -2.15. The Kier molecular flexibility index (Phi) is 6.33. The first-order valence-electron chi connectivity index (χ1n) is 7.63. The number of hydrogen-bond acceptors (Lipinski definition) is 4. The number of carbonyl (C=O) groups excluding carboxylic acids is 2. The SMILES string of the molecule is NCC(=O)N[C@@H](Cc1ccc(OCc2ccccc2)cc1)C(N)=O. The van der Waals surface area contributed by atoms with Crippen LogP contribution in [0, 0.1) is 0 Å². The van der Waals surface area contributed by atoms with Crippen LogP contribution in [0.15, 0.2) is 54.6 Å². The average molecular weight is 327 g/mol. The van der Waals surface area contributed by atoms with Gasteiger partial charge >= 0.3 is 0 Å². The normalized spacial score (nSPS) is 11.5. The van der Waals surface area contributed by atoms with Crippen molar-refractivity contribution in [2.75, 3.05) is 6.54 Å². The summed E-state index contributed by atoms with van der Waals surface area (Å²) < 4.78 is 5.70. The van der Waals surface area contributed by atoms with Gasteiger partial charge in [0.15, 0.2) is 0 Å². The van der Waals surface area contributed by atoms with E-state index in [4.69, 9.17) is 16.2 Å². The van der Waals surface area contributed by atoms with Crippen molar-refractivity contribution in [3.05, 3.63) is 65.7 Å². The zero-order chi connectivity index (χ0) is 17.4. The van der Waals surface area contributed by atoms with Gasteiger partial charge in [0, 0.05) is 6.42 Å². The van der Waals surface area contributed by atoms with E-state index in [1.54, 1.807) is 0 Å². The first-order valence-corrected chi connectivity index (χ1v) is 7.63. The third kappa shape index (κ3) is 5.40. The Hall–Kier alpha value is -2.86. The Bertz CT molecular complexity index is 672. The van der Waals surface area contributed by atoms with Gasteiger partial charge in [-0.25, -0.2) is 0 Å². The summed E-state index contributed by atoms with van der Waals surface area (Å²) >= 11 is 0. The smallest absolute Gasteiger partial charge is 0.240 e. The maximum atomic E-state index is 11.4. The lowest BCUT2D eigenvalue weighted by molar-refractivity contribution is -0.126. The Labute approximate surface area is 140 Å². The van der Waals surface area contributed by atoms with Gasteiger partial charge in [0.2, 0.25) is 11.8 Å². The molecular formula is C18H21N3O3. The third-order valence-electron chi connectivity index (χ3n) is 3.48. The van der Waals surface area contributed by atoms with Crippen molar-refractivity contribution in [2.45, 2.75) is 19.1 Å².